The van der Waals surface area contributed by atoms with E-state index in [0.717, 1.165) is 38.8 Å². The normalized spacial score (nSPS) is 11.6. The van der Waals surface area contributed by atoms with Gasteiger partial charge in [-0.2, -0.15) is 5.10 Å². The summed E-state index contributed by atoms with van der Waals surface area (Å²) in [5.74, 6) is 0.340. The Hall–Kier alpha value is -3.35. The minimum atomic E-state index is -0.117. The highest BCUT2D eigenvalue weighted by atomic mass is 16.1. The predicted octanol–water partition coefficient (Wildman–Crippen LogP) is 3.41. The molecule has 4 N–H and O–H groups in total. The standard InChI is InChI=1S/C20H22N6O/c1-10(2)26-15-7-8-23-19(21)16(15)18(25-26)17-11(3)13-6-5-12(20(27)22-4)9-14(13)24-17/h5-10,24H,1-4H3,(H2,21,23)(H,22,27). The molecule has 0 aliphatic carbocycles. The van der Waals surface area contributed by atoms with Gasteiger partial charge in [-0.1, -0.05) is 6.07 Å². The molecule has 7 nitrogen and oxygen atoms in total. The Kier molecular flexibility index (Phi) is 3.87. The van der Waals surface area contributed by atoms with E-state index in [1.807, 2.05) is 35.9 Å². The molecule has 3 aromatic heterocycles. The van der Waals surface area contributed by atoms with Crippen LogP contribution >= 0.6 is 0 Å². The van der Waals surface area contributed by atoms with Crippen LogP contribution in [0, 0.1) is 6.92 Å². The second-order valence-corrected chi connectivity index (χ2v) is 6.94. The first-order chi connectivity index (χ1) is 12.9. The average Bonchev–Trinajstić information content (AvgIpc) is 3.20. The number of fused-ring (bicyclic) bond motifs is 2. The number of carbonyl (C=O) groups excluding carboxylic acids is 1. The number of anilines is 1. The number of aryl methyl sites for hydroxylation is 1. The predicted molar refractivity (Wildman–Crippen MR) is 108 cm³/mol. The van der Waals surface area contributed by atoms with Crippen molar-refractivity contribution in [1.82, 2.24) is 25.1 Å². The van der Waals surface area contributed by atoms with Crippen LogP contribution in [0.3, 0.4) is 0 Å². The number of nitrogens with one attached hydrogen (secondary N) is 2. The molecule has 0 atom stereocenters. The summed E-state index contributed by atoms with van der Waals surface area (Å²) in [4.78, 5) is 19.6. The van der Waals surface area contributed by atoms with Crippen molar-refractivity contribution in [3.05, 3.63) is 41.6 Å². The van der Waals surface area contributed by atoms with Gasteiger partial charge in [-0.3, -0.25) is 9.48 Å². The SMILES string of the molecule is CNC(=O)c1ccc2c(C)c(-c3nn(C(C)C)c4ccnc(N)c34)[nH]c2c1. The molecule has 0 saturated heterocycles. The van der Waals surface area contributed by atoms with Crippen LogP contribution in [-0.2, 0) is 0 Å². The second kappa shape index (κ2) is 6.12. The number of aromatic amines is 1. The van der Waals surface area contributed by atoms with Gasteiger partial charge in [0.25, 0.3) is 5.91 Å². The maximum atomic E-state index is 12.0. The summed E-state index contributed by atoms with van der Waals surface area (Å²) in [5.41, 5.74) is 11.4. The molecular formula is C20H22N6O. The fourth-order valence-electron chi connectivity index (χ4n) is 3.54. The number of rotatable bonds is 3. The number of aromatic nitrogens is 4. The fraction of sp³-hybridized carbons (Fsp3) is 0.250. The van der Waals surface area contributed by atoms with Gasteiger partial charge in [-0.05, 0) is 44.5 Å². The molecule has 4 rings (SSSR count). The Morgan fingerprint density at radius 2 is 2.07 bits per heavy atom. The fourth-order valence-corrected chi connectivity index (χ4v) is 3.54. The molecule has 0 fully saturated rings. The third-order valence-corrected chi connectivity index (χ3v) is 4.92. The van der Waals surface area contributed by atoms with Crippen molar-refractivity contribution in [3.63, 3.8) is 0 Å². The van der Waals surface area contributed by atoms with Crippen molar-refractivity contribution >= 4 is 33.5 Å². The highest BCUT2D eigenvalue weighted by Gasteiger charge is 2.21. The van der Waals surface area contributed by atoms with Crippen molar-refractivity contribution in [2.24, 2.45) is 0 Å². The Bertz CT molecular complexity index is 1180. The molecule has 3 heterocycles. The number of hydrogen-bond donors (Lipinski definition) is 3. The Morgan fingerprint density at radius 3 is 2.78 bits per heavy atom. The number of hydrogen-bond acceptors (Lipinski definition) is 4. The summed E-state index contributed by atoms with van der Waals surface area (Å²) in [7, 11) is 1.62. The lowest BCUT2D eigenvalue weighted by atomic mass is 10.1. The van der Waals surface area contributed by atoms with Gasteiger partial charge in [0.15, 0.2) is 0 Å². The zero-order valence-corrected chi connectivity index (χ0v) is 15.8. The highest BCUT2D eigenvalue weighted by Crippen LogP contribution is 2.36. The molecule has 138 valence electrons. The van der Waals surface area contributed by atoms with Crippen molar-refractivity contribution in [2.45, 2.75) is 26.8 Å². The molecule has 7 heteroatoms. The highest BCUT2D eigenvalue weighted by molar-refractivity contribution is 6.04. The van der Waals surface area contributed by atoms with Crippen LogP contribution in [0.4, 0.5) is 5.82 Å². The first-order valence-electron chi connectivity index (χ1n) is 8.89. The van der Waals surface area contributed by atoms with Gasteiger partial charge in [0.2, 0.25) is 0 Å². The van der Waals surface area contributed by atoms with Crippen LogP contribution in [0.25, 0.3) is 33.2 Å². The molecule has 0 bridgehead atoms. The molecule has 1 aromatic carbocycles. The summed E-state index contributed by atoms with van der Waals surface area (Å²) < 4.78 is 1.96. The Labute approximate surface area is 156 Å². The van der Waals surface area contributed by atoms with E-state index >= 15 is 0 Å². The molecule has 27 heavy (non-hydrogen) atoms. The second-order valence-electron chi connectivity index (χ2n) is 6.94. The third kappa shape index (κ3) is 2.54. The molecular weight excluding hydrogens is 340 g/mol. The zero-order chi connectivity index (χ0) is 19.3. The van der Waals surface area contributed by atoms with Gasteiger partial charge >= 0.3 is 0 Å². The van der Waals surface area contributed by atoms with Gasteiger partial charge in [0.1, 0.15) is 11.5 Å². The lowest BCUT2D eigenvalue weighted by molar-refractivity contribution is 0.0963. The van der Waals surface area contributed by atoms with Crippen LogP contribution < -0.4 is 11.1 Å². The van der Waals surface area contributed by atoms with Gasteiger partial charge in [-0.25, -0.2) is 4.98 Å². The van der Waals surface area contributed by atoms with Crippen molar-refractivity contribution in [2.75, 3.05) is 12.8 Å². The number of nitrogens with two attached hydrogens (primary N) is 1. The first-order valence-corrected chi connectivity index (χ1v) is 8.89. The zero-order valence-electron chi connectivity index (χ0n) is 15.8. The smallest absolute Gasteiger partial charge is 0.251 e. The summed E-state index contributed by atoms with van der Waals surface area (Å²) in [6.07, 6.45) is 1.70. The number of nitrogens with zero attached hydrogens (tertiary/aromatic N) is 3. The van der Waals surface area contributed by atoms with E-state index < -0.39 is 0 Å². The van der Waals surface area contributed by atoms with Gasteiger partial charge in [0, 0.05) is 35.8 Å². The van der Waals surface area contributed by atoms with Gasteiger partial charge in [0.05, 0.1) is 16.6 Å². The molecule has 0 unspecified atom stereocenters. The van der Waals surface area contributed by atoms with Crippen molar-refractivity contribution in [1.29, 1.82) is 0 Å². The van der Waals surface area contributed by atoms with Crippen LogP contribution in [0.2, 0.25) is 0 Å². The molecule has 0 aliphatic rings. The monoisotopic (exact) mass is 362 g/mol. The first kappa shape index (κ1) is 17.1. The minimum Gasteiger partial charge on any atom is -0.383 e. The van der Waals surface area contributed by atoms with E-state index in [4.69, 9.17) is 10.8 Å². The summed E-state index contributed by atoms with van der Waals surface area (Å²) in [6, 6.07) is 7.76. The Balaban J connectivity index is 2.00. The summed E-state index contributed by atoms with van der Waals surface area (Å²) in [5, 5.41) is 9.38. The minimum absolute atomic E-state index is 0.117. The van der Waals surface area contributed by atoms with E-state index in [1.54, 1.807) is 13.2 Å². The molecule has 4 aromatic rings. The molecule has 0 aliphatic heterocycles. The quantitative estimate of drug-likeness (QED) is 0.520. The van der Waals surface area contributed by atoms with E-state index in [0.29, 0.717) is 11.4 Å². The van der Waals surface area contributed by atoms with E-state index in [-0.39, 0.29) is 11.9 Å². The van der Waals surface area contributed by atoms with Gasteiger partial charge in [-0.15, -0.1) is 0 Å². The number of benzene rings is 1. The summed E-state index contributed by atoms with van der Waals surface area (Å²) in [6.45, 7) is 6.21. The number of pyridine rings is 1. The van der Waals surface area contributed by atoms with Crippen molar-refractivity contribution in [3.8, 4) is 11.4 Å². The number of carbonyl (C=O) groups is 1. The van der Waals surface area contributed by atoms with Gasteiger partial charge < -0.3 is 16.0 Å². The largest absolute Gasteiger partial charge is 0.383 e. The van der Waals surface area contributed by atoms with E-state index in [9.17, 15) is 4.79 Å². The van der Waals surface area contributed by atoms with Crippen LogP contribution in [0.1, 0.15) is 35.8 Å². The van der Waals surface area contributed by atoms with Crippen LogP contribution in [-0.4, -0.2) is 32.7 Å². The Morgan fingerprint density at radius 1 is 1.30 bits per heavy atom. The van der Waals surface area contributed by atoms with E-state index in [2.05, 4.69) is 29.1 Å². The lowest BCUT2D eigenvalue weighted by Gasteiger charge is -2.06. The third-order valence-electron chi connectivity index (χ3n) is 4.92. The number of nitrogen functional groups attached to an aromatic ring is 1. The maximum Gasteiger partial charge on any atom is 0.251 e. The molecule has 0 radical (unpaired) electrons. The van der Waals surface area contributed by atoms with Crippen molar-refractivity contribution < 1.29 is 4.79 Å². The van der Waals surface area contributed by atoms with Crippen LogP contribution in [0.5, 0.6) is 0 Å². The summed E-state index contributed by atoms with van der Waals surface area (Å²) >= 11 is 0. The molecule has 0 saturated carbocycles. The molecule has 1 amide bonds. The van der Waals surface area contributed by atoms with E-state index in [1.165, 1.54) is 0 Å². The van der Waals surface area contributed by atoms with Crippen LogP contribution in [0.15, 0.2) is 30.5 Å². The molecule has 0 spiro atoms. The topological polar surface area (TPSA) is 102 Å². The maximum absolute atomic E-state index is 12.0. The average molecular weight is 362 g/mol. The number of amides is 1. The lowest BCUT2D eigenvalue weighted by Crippen LogP contribution is -2.17. The number of H-pyrrole nitrogens is 1.